The highest BCUT2D eigenvalue weighted by molar-refractivity contribution is 7.99. The van der Waals surface area contributed by atoms with Crippen molar-refractivity contribution in [3.05, 3.63) is 35.9 Å². The Balaban J connectivity index is 1.85. The summed E-state index contributed by atoms with van der Waals surface area (Å²) in [5.41, 5.74) is 0.541. The summed E-state index contributed by atoms with van der Waals surface area (Å²) in [5, 5.41) is 38.3. The Hall–Kier alpha value is -0.630. The van der Waals surface area contributed by atoms with E-state index in [0.717, 1.165) is 6.42 Å². The lowest BCUT2D eigenvalue weighted by Crippen LogP contribution is -2.57. The van der Waals surface area contributed by atoms with Gasteiger partial charge in [0.25, 0.3) is 0 Å². The quantitative estimate of drug-likeness (QED) is 0.600. The second kappa shape index (κ2) is 7.40. The van der Waals surface area contributed by atoms with Gasteiger partial charge in [-0.05, 0) is 17.7 Å². The molecule has 1 heterocycles. The molecule has 0 unspecified atom stereocenters. The van der Waals surface area contributed by atoms with Gasteiger partial charge in [0, 0.05) is 0 Å². The first-order valence-corrected chi connectivity index (χ1v) is 7.64. The van der Waals surface area contributed by atoms with Gasteiger partial charge in [-0.3, -0.25) is 0 Å². The molecule has 2 rings (SSSR count). The molecule has 1 fully saturated rings. The zero-order valence-electron chi connectivity index (χ0n) is 11.0. The minimum Gasteiger partial charge on any atom is -0.394 e. The lowest BCUT2D eigenvalue weighted by atomic mass is 10.0. The van der Waals surface area contributed by atoms with E-state index in [0.29, 0.717) is 5.75 Å². The van der Waals surface area contributed by atoms with Crippen LogP contribution in [0.3, 0.4) is 0 Å². The molecule has 1 aromatic carbocycles. The van der Waals surface area contributed by atoms with E-state index >= 15 is 0 Å². The number of ether oxygens (including phenoxy) is 1. The predicted octanol–water partition coefficient (Wildman–Crippen LogP) is -0.238. The van der Waals surface area contributed by atoms with Crippen molar-refractivity contribution in [1.29, 1.82) is 0 Å². The lowest BCUT2D eigenvalue weighted by molar-refractivity contribution is -0.205. The summed E-state index contributed by atoms with van der Waals surface area (Å²) in [6, 6.07) is 9.93. The number of thioether (sulfide) groups is 1. The minimum atomic E-state index is -1.30. The van der Waals surface area contributed by atoms with Crippen LogP contribution in [-0.4, -0.2) is 62.6 Å². The number of aryl methyl sites for hydroxylation is 1. The van der Waals surface area contributed by atoms with Gasteiger partial charge in [-0.1, -0.05) is 30.3 Å². The normalized spacial score (nSPS) is 34.1. The van der Waals surface area contributed by atoms with Gasteiger partial charge in [0.05, 0.1) is 6.61 Å². The van der Waals surface area contributed by atoms with Crippen LogP contribution in [0.2, 0.25) is 0 Å². The van der Waals surface area contributed by atoms with Gasteiger partial charge in [0.15, 0.2) is 0 Å². The fourth-order valence-electron chi connectivity index (χ4n) is 2.14. The number of benzene rings is 1. The van der Waals surface area contributed by atoms with Crippen molar-refractivity contribution in [3.63, 3.8) is 0 Å². The van der Waals surface area contributed by atoms with Crippen LogP contribution in [0.5, 0.6) is 0 Å². The molecule has 0 aliphatic carbocycles. The summed E-state index contributed by atoms with van der Waals surface area (Å²) >= 11 is 1.37. The first-order chi connectivity index (χ1) is 9.63. The number of rotatable bonds is 5. The second-order valence-corrected chi connectivity index (χ2v) is 6.01. The van der Waals surface area contributed by atoms with E-state index < -0.39 is 29.9 Å². The highest BCUT2D eigenvalue weighted by atomic mass is 32.2. The maximum absolute atomic E-state index is 9.88. The van der Waals surface area contributed by atoms with Crippen LogP contribution in [0, 0.1) is 0 Å². The van der Waals surface area contributed by atoms with Crippen molar-refractivity contribution < 1.29 is 25.2 Å². The Morgan fingerprint density at radius 3 is 2.35 bits per heavy atom. The molecular weight excluding hydrogens is 280 g/mol. The van der Waals surface area contributed by atoms with Crippen LogP contribution in [0.4, 0.5) is 0 Å². The lowest BCUT2D eigenvalue weighted by Gasteiger charge is -2.39. The molecule has 5 nitrogen and oxygen atoms in total. The first-order valence-electron chi connectivity index (χ1n) is 6.59. The SMILES string of the molecule is OC[C@H]1O[C@@H](SCCc2ccccc2)[C@H](O)[C@@H](O)[C@H]1O. The van der Waals surface area contributed by atoms with Gasteiger partial charge in [0.1, 0.15) is 29.9 Å². The second-order valence-electron chi connectivity index (χ2n) is 4.80. The summed E-state index contributed by atoms with van der Waals surface area (Å²) < 4.78 is 5.42. The molecule has 5 atom stereocenters. The van der Waals surface area contributed by atoms with E-state index in [1.54, 1.807) is 0 Å². The fraction of sp³-hybridized carbons (Fsp3) is 0.571. The van der Waals surface area contributed by atoms with E-state index in [9.17, 15) is 15.3 Å². The van der Waals surface area contributed by atoms with E-state index in [1.165, 1.54) is 17.3 Å². The number of hydrogen-bond acceptors (Lipinski definition) is 6. The maximum Gasteiger partial charge on any atom is 0.132 e. The molecule has 4 N–H and O–H groups in total. The largest absolute Gasteiger partial charge is 0.394 e. The van der Waals surface area contributed by atoms with Crippen LogP contribution >= 0.6 is 11.8 Å². The number of aliphatic hydroxyl groups is 4. The molecule has 1 aromatic rings. The van der Waals surface area contributed by atoms with Crippen molar-refractivity contribution >= 4 is 11.8 Å². The van der Waals surface area contributed by atoms with Crippen LogP contribution in [0.25, 0.3) is 0 Å². The van der Waals surface area contributed by atoms with Gasteiger partial charge in [-0.2, -0.15) is 0 Å². The molecule has 0 radical (unpaired) electrons. The Morgan fingerprint density at radius 1 is 1.00 bits per heavy atom. The average molecular weight is 300 g/mol. The highest BCUT2D eigenvalue weighted by Crippen LogP contribution is 2.28. The molecule has 20 heavy (non-hydrogen) atoms. The van der Waals surface area contributed by atoms with E-state index in [1.807, 2.05) is 30.3 Å². The molecule has 1 aliphatic heterocycles. The van der Waals surface area contributed by atoms with Crippen molar-refractivity contribution in [2.24, 2.45) is 0 Å². The topological polar surface area (TPSA) is 90.2 Å². The molecule has 0 saturated carbocycles. The molecular formula is C14H20O5S. The summed E-state index contributed by atoms with van der Waals surface area (Å²) in [5.74, 6) is 0.715. The molecule has 112 valence electrons. The van der Waals surface area contributed by atoms with Crippen molar-refractivity contribution in [1.82, 2.24) is 0 Å². The predicted molar refractivity (Wildman–Crippen MR) is 76.4 cm³/mol. The molecule has 0 bridgehead atoms. The van der Waals surface area contributed by atoms with Gasteiger partial charge in [0.2, 0.25) is 0 Å². The van der Waals surface area contributed by atoms with Crippen molar-refractivity contribution in [2.75, 3.05) is 12.4 Å². The van der Waals surface area contributed by atoms with E-state index in [-0.39, 0.29) is 6.61 Å². The Kier molecular flexibility index (Phi) is 5.83. The van der Waals surface area contributed by atoms with E-state index in [4.69, 9.17) is 9.84 Å². The average Bonchev–Trinajstić information content (AvgIpc) is 2.48. The third-order valence-electron chi connectivity index (χ3n) is 3.36. The van der Waals surface area contributed by atoms with Gasteiger partial charge in [-0.25, -0.2) is 0 Å². The monoisotopic (exact) mass is 300 g/mol. The first kappa shape index (κ1) is 15.8. The van der Waals surface area contributed by atoms with Gasteiger partial charge >= 0.3 is 0 Å². The summed E-state index contributed by atoms with van der Waals surface area (Å²) in [7, 11) is 0. The summed E-state index contributed by atoms with van der Waals surface area (Å²) in [6.45, 7) is -0.388. The van der Waals surface area contributed by atoms with Gasteiger partial charge in [-0.15, -0.1) is 11.8 Å². The Labute approximate surface area is 122 Å². The fourth-order valence-corrected chi connectivity index (χ4v) is 3.31. The standard InChI is InChI=1S/C14H20O5S/c15-8-10-11(16)12(17)13(18)14(19-10)20-7-6-9-4-2-1-3-5-9/h1-5,10-18H,6-8H2/t10-,11+,12+,13-,14+/m1/s1. The molecule has 1 aliphatic rings. The zero-order chi connectivity index (χ0) is 14.5. The summed E-state index contributed by atoms with van der Waals surface area (Å²) in [6.07, 6.45) is -3.76. The third kappa shape index (κ3) is 3.72. The van der Waals surface area contributed by atoms with Crippen LogP contribution in [0.1, 0.15) is 5.56 Å². The molecule has 0 spiro atoms. The maximum atomic E-state index is 9.88. The third-order valence-corrected chi connectivity index (χ3v) is 4.52. The molecule has 1 saturated heterocycles. The van der Waals surface area contributed by atoms with Crippen molar-refractivity contribution in [2.45, 2.75) is 36.3 Å². The zero-order valence-corrected chi connectivity index (χ0v) is 11.8. The van der Waals surface area contributed by atoms with Crippen LogP contribution in [-0.2, 0) is 11.2 Å². The Bertz CT molecular complexity index is 400. The molecule has 0 amide bonds. The minimum absolute atomic E-state index is 0.388. The van der Waals surface area contributed by atoms with Crippen LogP contribution in [0.15, 0.2) is 30.3 Å². The van der Waals surface area contributed by atoms with Crippen molar-refractivity contribution in [3.8, 4) is 0 Å². The van der Waals surface area contributed by atoms with Crippen LogP contribution < -0.4 is 0 Å². The summed E-state index contributed by atoms with van der Waals surface area (Å²) in [4.78, 5) is 0. The van der Waals surface area contributed by atoms with Gasteiger partial charge < -0.3 is 25.2 Å². The molecule has 0 aromatic heterocycles. The number of aliphatic hydroxyl groups excluding tert-OH is 4. The number of hydrogen-bond donors (Lipinski definition) is 4. The smallest absolute Gasteiger partial charge is 0.132 e. The highest BCUT2D eigenvalue weighted by Gasteiger charge is 2.43. The van der Waals surface area contributed by atoms with E-state index in [2.05, 4.69) is 0 Å². The molecule has 6 heteroatoms. The Morgan fingerprint density at radius 2 is 1.70 bits per heavy atom.